The van der Waals surface area contributed by atoms with Gasteiger partial charge in [0.25, 0.3) is 0 Å². The van der Waals surface area contributed by atoms with Crippen LogP contribution in [-0.2, 0) is 7.05 Å². The number of hydrogen-bond acceptors (Lipinski definition) is 3. The van der Waals surface area contributed by atoms with Crippen LogP contribution >= 0.6 is 15.9 Å². The summed E-state index contributed by atoms with van der Waals surface area (Å²) in [5, 5.41) is 9.22. The highest BCUT2D eigenvalue weighted by Crippen LogP contribution is 2.31. The topological polar surface area (TPSA) is 56.7 Å². The molecule has 102 valence electrons. The van der Waals surface area contributed by atoms with E-state index < -0.39 is 6.04 Å². The van der Waals surface area contributed by atoms with E-state index >= 15 is 0 Å². The molecule has 3 aromatic rings. The van der Waals surface area contributed by atoms with Crippen molar-refractivity contribution in [1.29, 1.82) is 0 Å². The highest BCUT2D eigenvalue weighted by Gasteiger charge is 2.20. The molecule has 1 heterocycles. The largest absolute Gasteiger partial charge is 0.319 e. The van der Waals surface area contributed by atoms with Crippen molar-refractivity contribution in [1.82, 2.24) is 15.0 Å². The maximum Gasteiger partial charge on any atom is 0.153 e. The minimum atomic E-state index is -0.435. The highest BCUT2D eigenvalue weighted by atomic mass is 79.9. The van der Waals surface area contributed by atoms with E-state index in [0.29, 0.717) is 9.99 Å². The summed E-state index contributed by atoms with van der Waals surface area (Å²) in [7, 11) is 1.78. The molecule has 1 aromatic heterocycles. The quantitative estimate of drug-likeness (QED) is 0.783. The Hall–Kier alpha value is -1.79. The van der Waals surface area contributed by atoms with Crippen LogP contribution in [0.15, 0.2) is 41.0 Å². The Kier molecular flexibility index (Phi) is 3.27. The predicted molar refractivity (Wildman–Crippen MR) is 78.6 cm³/mol. The summed E-state index contributed by atoms with van der Waals surface area (Å²) >= 11 is 3.35. The lowest BCUT2D eigenvalue weighted by Gasteiger charge is -2.15. The smallest absolute Gasteiger partial charge is 0.153 e. The Morgan fingerprint density at radius 3 is 2.55 bits per heavy atom. The van der Waals surface area contributed by atoms with Crippen LogP contribution < -0.4 is 5.73 Å². The first-order valence-electron chi connectivity index (χ1n) is 6.07. The van der Waals surface area contributed by atoms with Crippen LogP contribution in [0.2, 0.25) is 0 Å². The molecule has 0 aliphatic heterocycles. The van der Waals surface area contributed by atoms with Gasteiger partial charge in [-0.3, -0.25) is 0 Å². The zero-order chi connectivity index (χ0) is 14.3. The number of fused-ring (bicyclic) bond motifs is 1. The number of halogens is 2. The van der Waals surface area contributed by atoms with Crippen LogP contribution in [0.4, 0.5) is 4.39 Å². The average molecular weight is 335 g/mol. The first-order chi connectivity index (χ1) is 9.59. The van der Waals surface area contributed by atoms with Gasteiger partial charge in [-0.05, 0) is 32.9 Å². The van der Waals surface area contributed by atoms with Crippen LogP contribution in [0, 0.1) is 5.82 Å². The van der Waals surface area contributed by atoms with Gasteiger partial charge in [-0.1, -0.05) is 35.5 Å². The highest BCUT2D eigenvalue weighted by molar-refractivity contribution is 9.10. The summed E-state index contributed by atoms with van der Waals surface area (Å²) in [6, 6.07) is 10.0. The minimum Gasteiger partial charge on any atom is -0.319 e. The predicted octanol–water partition coefficient (Wildman–Crippen LogP) is 2.92. The van der Waals surface area contributed by atoms with E-state index in [9.17, 15) is 4.39 Å². The number of nitrogens with zero attached hydrogens (tertiary/aromatic N) is 3. The van der Waals surface area contributed by atoms with E-state index in [2.05, 4.69) is 26.2 Å². The van der Waals surface area contributed by atoms with Gasteiger partial charge in [-0.15, -0.1) is 5.10 Å². The van der Waals surface area contributed by atoms with E-state index in [1.54, 1.807) is 23.9 Å². The molecule has 0 saturated carbocycles. The third kappa shape index (κ3) is 2.01. The lowest BCUT2D eigenvalue weighted by molar-refractivity contribution is 0.636. The Morgan fingerprint density at radius 1 is 1.20 bits per heavy atom. The number of nitrogens with two attached hydrogens (primary N) is 1. The fraction of sp³-hybridized carbons (Fsp3) is 0.143. The van der Waals surface area contributed by atoms with Gasteiger partial charge in [0.2, 0.25) is 0 Å². The first-order valence-corrected chi connectivity index (χ1v) is 6.86. The van der Waals surface area contributed by atoms with E-state index in [1.165, 1.54) is 6.07 Å². The standard InChI is InChI=1S/C14H12BrFN4/c1-20-13(14(15)18-19-20)12(17)10-6-7-11(16)9-5-3-2-4-8(9)10/h2-7,12H,17H2,1H3. The third-order valence-corrected chi connectivity index (χ3v) is 3.93. The zero-order valence-corrected chi connectivity index (χ0v) is 12.3. The molecule has 2 N–H and O–H groups in total. The first kappa shape index (κ1) is 13.2. The molecule has 0 aliphatic rings. The van der Waals surface area contributed by atoms with Crippen molar-refractivity contribution in [2.45, 2.75) is 6.04 Å². The molecule has 1 unspecified atom stereocenters. The molecule has 0 amide bonds. The number of rotatable bonds is 2. The Bertz CT molecular complexity index is 764. The monoisotopic (exact) mass is 334 g/mol. The second kappa shape index (κ2) is 4.96. The summed E-state index contributed by atoms with van der Waals surface area (Å²) in [6.07, 6.45) is 0. The van der Waals surface area contributed by atoms with Gasteiger partial charge in [0.05, 0.1) is 11.7 Å². The number of benzene rings is 2. The van der Waals surface area contributed by atoms with E-state index in [0.717, 1.165) is 16.6 Å². The normalized spacial score (nSPS) is 12.8. The van der Waals surface area contributed by atoms with Crippen LogP contribution in [0.1, 0.15) is 17.3 Å². The average Bonchev–Trinajstić information content (AvgIpc) is 2.78. The second-order valence-corrected chi connectivity index (χ2v) is 5.30. The summed E-state index contributed by atoms with van der Waals surface area (Å²) in [5.41, 5.74) is 7.92. The van der Waals surface area contributed by atoms with E-state index in [4.69, 9.17) is 5.73 Å². The maximum absolute atomic E-state index is 13.9. The molecule has 2 aromatic carbocycles. The van der Waals surface area contributed by atoms with Gasteiger partial charge >= 0.3 is 0 Å². The van der Waals surface area contributed by atoms with Crippen molar-refractivity contribution >= 4 is 26.7 Å². The summed E-state index contributed by atoms with van der Waals surface area (Å²) in [4.78, 5) is 0. The van der Waals surface area contributed by atoms with Gasteiger partial charge < -0.3 is 5.73 Å². The molecule has 1 atom stereocenters. The van der Waals surface area contributed by atoms with Gasteiger partial charge in [-0.2, -0.15) is 0 Å². The number of aryl methyl sites for hydroxylation is 1. The molecular formula is C14H12BrFN4. The molecular weight excluding hydrogens is 323 g/mol. The van der Waals surface area contributed by atoms with E-state index in [1.807, 2.05) is 18.2 Å². The molecule has 20 heavy (non-hydrogen) atoms. The van der Waals surface area contributed by atoms with Gasteiger partial charge in [-0.25, -0.2) is 9.07 Å². The molecule has 0 radical (unpaired) electrons. The molecule has 0 aliphatic carbocycles. The SMILES string of the molecule is Cn1nnc(Br)c1C(N)c1ccc(F)c2ccccc12. The summed E-state index contributed by atoms with van der Waals surface area (Å²) in [6.45, 7) is 0. The molecule has 0 saturated heterocycles. The van der Waals surface area contributed by atoms with E-state index in [-0.39, 0.29) is 5.82 Å². The lowest BCUT2D eigenvalue weighted by Crippen LogP contribution is -2.17. The number of hydrogen-bond donors (Lipinski definition) is 1. The molecule has 0 bridgehead atoms. The van der Waals surface area contributed by atoms with Crippen molar-refractivity contribution < 1.29 is 4.39 Å². The van der Waals surface area contributed by atoms with Gasteiger partial charge in [0.15, 0.2) is 4.60 Å². The van der Waals surface area contributed by atoms with Crippen molar-refractivity contribution in [3.8, 4) is 0 Å². The van der Waals surface area contributed by atoms with Crippen molar-refractivity contribution in [3.05, 3.63) is 58.1 Å². The van der Waals surface area contributed by atoms with Crippen molar-refractivity contribution in [2.24, 2.45) is 12.8 Å². The molecule has 4 nitrogen and oxygen atoms in total. The zero-order valence-electron chi connectivity index (χ0n) is 10.7. The van der Waals surface area contributed by atoms with Gasteiger partial charge in [0.1, 0.15) is 5.82 Å². The molecule has 6 heteroatoms. The van der Waals surface area contributed by atoms with Crippen LogP contribution in [0.5, 0.6) is 0 Å². The fourth-order valence-electron chi connectivity index (χ4n) is 2.37. The summed E-state index contributed by atoms with van der Waals surface area (Å²) < 4.78 is 16.1. The third-order valence-electron chi connectivity index (χ3n) is 3.36. The van der Waals surface area contributed by atoms with Crippen LogP contribution in [0.25, 0.3) is 10.8 Å². The molecule has 0 spiro atoms. The summed E-state index contributed by atoms with van der Waals surface area (Å²) in [5.74, 6) is -0.251. The van der Waals surface area contributed by atoms with Gasteiger partial charge in [0, 0.05) is 12.4 Å². The maximum atomic E-state index is 13.9. The minimum absolute atomic E-state index is 0.251. The second-order valence-electron chi connectivity index (χ2n) is 4.55. The lowest BCUT2D eigenvalue weighted by atomic mass is 9.97. The van der Waals surface area contributed by atoms with Crippen molar-refractivity contribution in [3.63, 3.8) is 0 Å². The molecule has 0 fully saturated rings. The molecule has 3 rings (SSSR count). The number of aromatic nitrogens is 3. The Labute approximate surface area is 123 Å². The van der Waals surface area contributed by atoms with Crippen LogP contribution in [0.3, 0.4) is 0 Å². The Morgan fingerprint density at radius 2 is 1.90 bits per heavy atom. The van der Waals surface area contributed by atoms with Crippen LogP contribution in [-0.4, -0.2) is 15.0 Å². The van der Waals surface area contributed by atoms with Crippen molar-refractivity contribution in [2.75, 3.05) is 0 Å². The Balaban J connectivity index is 2.23. The fourth-order valence-corrected chi connectivity index (χ4v) is 2.95.